The van der Waals surface area contributed by atoms with Crippen molar-refractivity contribution in [1.82, 2.24) is 5.32 Å². The molecular formula is C11H15NO3. The quantitative estimate of drug-likeness (QED) is 0.776. The Hall–Kier alpha value is -1.55. The number of hydrogen-bond donors (Lipinski definition) is 2. The maximum absolute atomic E-state index is 10.7. The topological polar surface area (TPSA) is 58.6 Å². The fourth-order valence-electron chi connectivity index (χ4n) is 1.23. The Morgan fingerprint density at radius 2 is 2.13 bits per heavy atom. The Bertz CT molecular complexity index is 300. The normalized spacial score (nSPS) is 11.9. The molecule has 0 bridgehead atoms. The molecule has 0 aliphatic carbocycles. The van der Waals surface area contributed by atoms with Crippen molar-refractivity contribution in [2.24, 2.45) is 0 Å². The van der Waals surface area contributed by atoms with Gasteiger partial charge in [-0.1, -0.05) is 30.3 Å². The molecule has 1 atom stereocenters. The summed E-state index contributed by atoms with van der Waals surface area (Å²) in [6, 6.07) is 9.61. The minimum Gasteiger partial charge on any atom is -0.453 e. The number of benzene rings is 1. The molecule has 0 heterocycles. The highest BCUT2D eigenvalue weighted by molar-refractivity contribution is 5.66. The monoisotopic (exact) mass is 209 g/mol. The lowest BCUT2D eigenvalue weighted by molar-refractivity contribution is 0.146. The van der Waals surface area contributed by atoms with Crippen molar-refractivity contribution in [3.05, 3.63) is 35.9 Å². The van der Waals surface area contributed by atoms with Gasteiger partial charge in [0.25, 0.3) is 0 Å². The van der Waals surface area contributed by atoms with Crippen LogP contribution in [-0.4, -0.2) is 31.0 Å². The van der Waals surface area contributed by atoms with E-state index >= 15 is 0 Å². The molecule has 1 amide bonds. The van der Waals surface area contributed by atoms with Crippen LogP contribution in [0.4, 0.5) is 4.79 Å². The summed E-state index contributed by atoms with van der Waals surface area (Å²) in [5, 5.41) is 12.0. The van der Waals surface area contributed by atoms with E-state index in [0.717, 1.165) is 5.56 Å². The third-order valence-corrected chi connectivity index (χ3v) is 1.98. The number of alkyl carbamates (subject to hydrolysis) is 1. The maximum atomic E-state index is 10.7. The van der Waals surface area contributed by atoms with Crippen LogP contribution in [0.25, 0.3) is 0 Å². The SMILES string of the molecule is COC(=O)NC[C@H](O)Cc1ccccc1. The van der Waals surface area contributed by atoms with E-state index in [1.54, 1.807) is 0 Å². The van der Waals surface area contributed by atoms with E-state index in [-0.39, 0.29) is 6.54 Å². The van der Waals surface area contributed by atoms with Crippen LogP contribution in [0, 0.1) is 0 Å². The van der Waals surface area contributed by atoms with Gasteiger partial charge in [0.15, 0.2) is 0 Å². The average Bonchev–Trinajstić information content (AvgIpc) is 2.27. The number of aliphatic hydroxyl groups excluding tert-OH is 1. The number of hydrogen-bond acceptors (Lipinski definition) is 3. The molecule has 0 unspecified atom stereocenters. The van der Waals surface area contributed by atoms with Crippen molar-refractivity contribution >= 4 is 6.09 Å². The van der Waals surface area contributed by atoms with Gasteiger partial charge in [0, 0.05) is 13.0 Å². The van der Waals surface area contributed by atoms with Crippen LogP contribution in [0.1, 0.15) is 5.56 Å². The lowest BCUT2D eigenvalue weighted by Gasteiger charge is -2.10. The van der Waals surface area contributed by atoms with Gasteiger partial charge in [0.05, 0.1) is 13.2 Å². The zero-order valence-electron chi connectivity index (χ0n) is 8.64. The predicted molar refractivity (Wildman–Crippen MR) is 56.6 cm³/mol. The van der Waals surface area contributed by atoms with E-state index in [1.807, 2.05) is 30.3 Å². The summed E-state index contributed by atoms with van der Waals surface area (Å²) in [5.74, 6) is 0. The van der Waals surface area contributed by atoms with Crippen LogP contribution < -0.4 is 5.32 Å². The van der Waals surface area contributed by atoms with E-state index in [1.165, 1.54) is 7.11 Å². The zero-order valence-corrected chi connectivity index (χ0v) is 8.64. The molecule has 15 heavy (non-hydrogen) atoms. The molecule has 0 spiro atoms. The molecule has 0 aliphatic rings. The van der Waals surface area contributed by atoms with Gasteiger partial charge in [-0.25, -0.2) is 4.79 Å². The molecule has 0 saturated carbocycles. The summed E-state index contributed by atoms with van der Waals surface area (Å²) in [5.41, 5.74) is 1.04. The Morgan fingerprint density at radius 1 is 1.47 bits per heavy atom. The molecule has 0 fully saturated rings. The molecule has 0 aliphatic heterocycles. The Labute approximate surface area is 88.9 Å². The fourth-order valence-corrected chi connectivity index (χ4v) is 1.23. The second-order valence-electron chi connectivity index (χ2n) is 3.22. The average molecular weight is 209 g/mol. The minimum absolute atomic E-state index is 0.196. The number of amides is 1. The second-order valence-corrected chi connectivity index (χ2v) is 3.22. The number of carbonyl (C=O) groups is 1. The van der Waals surface area contributed by atoms with E-state index in [0.29, 0.717) is 6.42 Å². The van der Waals surface area contributed by atoms with E-state index in [9.17, 15) is 9.90 Å². The van der Waals surface area contributed by atoms with Gasteiger partial charge in [-0.15, -0.1) is 0 Å². The second kappa shape index (κ2) is 6.03. The first kappa shape index (κ1) is 11.5. The van der Waals surface area contributed by atoms with E-state index in [4.69, 9.17) is 0 Å². The van der Waals surface area contributed by atoms with Crippen molar-refractivity contribution in [1.29, 1.82) is 0 Å². The number of aliphatic hydroxyl groups is 1. The molecular weight excluding hydrogens is 194 g/mol. The molecule has 1 aromatic carbocycles. The number of methoxy groups -OCH3 is 1. The molecule has 4 nitrogen and oxygen atoms in total. The fraction of sp³-hybridized carbons (Fsp3) is 0.364. The molecule has 1 aromatic rings. The number of carbonyl (C=O) groups excluding carboxylic acids is 1. The first-order valence-corrected chi connectivity index (χ1v) is 4.76. The van der Waals surface area contributed by atoms with Crippen molar-refractivity contribution < 1.29 is 14.6 Å². The summed E-state index contributed by atoms with van der Waals surface area (Å²) in [7, 11) is 1.29. The van der Waals surface area contributed by atoms with E-state index in [2.05, 4.69) is 10.1 Å². The summed E-state index contributed by atoms with van der Waals surface area (Å²) in [6.45, 7) is 0.196. The Balaban J connectivity index is 2.30. The molecule has 2 N–H and O–H groups in total. The van der Waals surface area contributed by atoms with Gasteiger partial charge >= 0.3 is 6.09 Å². The molecule has 0 aromatic heterocycles. The third-order valence-electron chi connectivity index (χ3n) is 1.98. The van der Waals surface area contributed by atoms with Gasteiger partial charge in [-0.2, -0.15) is 0 Å². The summed E-state index contributed by atoms with van der Waals surface area (Å²) >= 11 is 0. The number of rotatable bonds is 4. The lowest BCUT2D eigenvalue weighted by atomic mass is 10.1. The first-order chi connectivity index (χ1) is 7.22. The number of ether oxygens (including phenoxy) is 1. The largest absolute Gasteiger partial charge is 0.453 e. The molecule has 0 saturated heterocycles. The minimum atomic E-state index is -0.591. The predicted octanol–water partition coefficient (Wildman–Crippen LogP) is 0.946. The zero-order chi connectivity index (χ0) is 11.1. The molecule has 1 rings (SSSR count). The molecule has 0 radical (unpaired) electrons. The van der Waals surface area contributed by atoms with Gasteiger partial charge in [0.1, 0.15) is 0 Å². The van der Waals surface area contributed by atoms with Crippen molar-refractivity contribution in [3.63, 3.8) is 0 Å². The lowest BCUT2D eigenvalue weighted by Crippen LogP contribution is -2.33. The van der Waals surface area contributed by atoms with Crippen LogP contribution in [0.15, 0.2) is 30.3 Å². The highest BCUT2D eigenvalue weighted by Crippen LogP contribution is 2.02. The Morgan fingerprint density at radius 3 is 2.73 bits per heavy atom. The van der Waals surface area contributed by atoms with Gasteiger partial charge in [0.2, 0.25) is 0 Å². The Kier molecular flexibility index (Phi) is 4.63. The van der Waals surface area contributed by atoms with Crippen molar-refractivity contribution in [2.75, 3.05) is 13.7 Å². The van der Waals surface area contributed by atoms with Gasteiger partial charge in [-0.05, 0) is 5.56 Å². The summed E-state index contributed by atoms with van der Waals surface area (Å²) in [6.07, 6.45) is -0.598. The van der Waals surface area contributed by atoms with Gasteiger partial charge in [-0.3, -0.25) is 0 Å². The number of nitrogens with one attached hydrogen (secondary N) is 1. The summed E-state index contributed by atoms with van der Waals surface area (Å²) in [4.78, 5) is 10.7. The van der Waals surface area contributed by atoms with Crippen LogP contribution in [0.5, 0.6) is 0 Å². The van der Waals surface area contributed by atoms with Gasteiger partial charge < -0.3 is 15.2 Å². The van der Waals surface area contributed by atoms with Crippen LogP contribution in [0.2, 0.25) is 0 Å². The summed E-state index contributed by atoms with van der Waals surface area (Å²) < 4.78 is 4.39. The van der Waals surface area contributed by atoms with E-state index < -0.39 is 12.2 Å². The molecule has 4 heteroatoms. The van der Waals surface area contributed by atoms with Crippen LogP contribution in [0.3, 0.4) is 0 Å². The first-order valence-electron chi connectivity index (χ1n) is 4.76. The third kappa shape index (κ3) is 4.46. The van der Waals surface area contributed by atoms with Crippen LogP contribution in [-0.2, 0) is 11.2 Å². The van der Waals surface area contributed by atoms with Crippen LogP contribution >= 0.6 is 0 Å². The smallest absolute Gasteiger partial charge is 0.406 e. The highest BCUT2D eigenvalue weighted by atomic mass is 16.5. The molecule has 82 valence electrons. The van der Waals surface area contributed by atoms with Crippen molar-refractivity contribution in [2.45, 2.75) is 12.5 Å². The van der Waals surface area contributed by atoms with Crippen molar-refractivity contribution in [3.8, 4) is 0 Å². The maximum Gasteiger partial charge on any atom is 0.406 e. The standard InChI is InChI=1S/C11H15NO3/c1-15-11(14)12-8-10(13)7-9-5-3-2-4-6-9/h2-6,10,13H,7-8H2,1H3,(H,12,14)/t10-/m1/s1. The highest BCUT2D eigenvalue weighted by Gasteiger charge is 2.07.